The molecule has 120 valence electrons. The van der Waals surface area contributed by atoms with E-state index in [0.29, 0.717) is 12.0 Å². The van der Waals surface area contributed by atoms with Gasteiger partial charge in [-0.15, -0.1) is 0 Å². The molecule has 0 aromatic heterocycles. The first-order valence-electron chi connectivity index (χ1n) is 7.73. The van der Waals surface area contributed by atoms with E-state index in [4.69, 9.17) is 5.73 Å². The number of carbonyl (C=O) groups is 2. The summed E-state index contributed by atoms with van der Waals surface area (Å²) in [5.41, 5.74) is 7.73. The lowest BCUT2D eigenvalue weighted by Crippen LogP contribution is -2.45. The first-order chi connectivity index (χ1) is 11.0. The Hall–Kier alpha value is -2.62. The number of hydrogen-bond donors (Lipinski definition) is 2. The Kier molecular flexibility index (Phi) is 5.52. The van der Waals surface area contributed by atoms with Gasteiger partial charge in [-0.2, -0.15) is 0 Å². The molecule has 0 fully saturated rings. The largest absolute Gasteiger partial charge is 0.368 e. The van der Waals surface area contributed by atoms with Gasteiger partial charge in [0.15, 0.2) is 0 Å². The SMILES string of the molecule is CC(C)C[C@H](NC(=O)c1ccccc1-c1ccccc1)C(N)=O. The number of primary amides is 1. The maximum absolute atomic E-state index is 12.6. The predicted molar refractivity (Wildman–Crippen MR) is 91.8 cm³/mol. The van der Waals surface area contributed by atoms with Gasteiger partial charge in [0.25, 0.3) is 5.91 Å². The zero-order valence-corrected chi connectivity index (χ0v) is 13.5. The average Bonchev–Trinajstić information content (AvgIpc) is 2.54. The van der Waals surface area contributed by atoms with Crippen molar-refractivity contribution in [2.75, 3.05) is 0 Å². The Bertz CT molecular complexity index is 681. The molecule has 0 aliphatic rings. The summed E-state index contributed by atoms with van der Waals surface area (Å²) in [6.07, 6.45) is 0.522. The molecule has 3 N–H and O–H groups in total. The second-order valence-electron chi connectivity index (χ2n) is 5.97. The van der Waals surface area contributed by atoms with Crippen LogP contribution in [0.2, 0.25) is 0 Å². The molecule has 0 unspecified atom stereocenters. The molecule has 0 bridgehead atoms. The molecule has 2 aromatic rings. The molecule has 2 amide bonds. The smallest absolute Gasteiger partial charge is 0.252 e. The lowest BCUT2D eigenvalue weighted by atomic mass is 9.98. The Morgan fingerprint density at radius 1 is 1.00 bits per heavy atom. The van der Waals surface area contributed by atoms with Crippen LogP contribution in [0.25, 0.3) is 11.1 Å². The highest BCUT2D eigenvalue weighted by molar-refractivity contribution is 6.02. The van der Waals surface area contributed by atoms with Crippen LogP contribution in [0.3, 0.4) is 0 Å². The molecular weight excluding hydrogens is 288 g/mol. The number of rotatable bonds is 6. The van der Waals surface area contributed by atoms with Crippen molar-refractivity contribution in [3.05, 3.63) is 60.2 Å². The zero-order valence-electron chi connectivity index (χ0n) is 13.5. The van der Waals surface area contributed by atoms with Gasteiger partial charge in [-0.05, 0) is 29.5 Å². The summed E-state index contributed by atoms with van der Waals surface area (Å²) < 4.78 is 0. The van der Waals surface area contributed by atoms with Gasteiger partial charge in [-0.25, -0.2) is 0 Å². The second kappa shape index (κ2) is 7.58. The van der Waals surface area contributed by atoms with Crippen molar-refractivity contribution in [3.8, 4) is 11.1 Å². The molecule has 0 aliphatic heterocycles. The van der Waals surface area contributed by atoms with Gasteiger partial charge in [0, 0.05) is 5.56 Å². The molecule has 4 heteroatoms. The molecule has 0 heterocycles. The Labute approximate surface area is 136 Å². The van der Waals surface area contributed by atoms with Gasteiger partial charge in [0.1, 0.15) is 6.04 Å². The summed E-state index contributed by atoms with van der Waals surface area (Å²) in [4.78, 5) is 24.2. The van der Waals surface area contributed by atoms with Gasteiger partial charge < -0.3 is 11.1 Å². The van der Waals surface area contributed by atoms with Crippen molar-refractivity contribution in [1.29, 1.82) is 0 Å². The molecule has 0 saturated heterocycles. The lowest BCUT2D eigenvalue weighted by Gasteiger charge is -2.18. The maximum Gasteiger partial charge on any atom is 0.252 e. The highest BCUT2D eigenvalue weighted by atomic mass is 16.2. The van der Waals surface area contributed by atoms with Gasteiger partial charge in [-0.3, -0.25) is 9.59 Å². The van der Waals surface area contributed by atoms with Gasteiger partial charge in [0.05, 0.1) is 0 Å². The highest BCUT2D eigenvalue weighted by Crippen LogP contribution is 2.23. The number of nitrogens with two attached hydrogens (primary N) is 1. The van der Waals surface area contributed by atoms with Crippen molar-refractivity contribution < 1.29 is 9.59 Å². The van der Waals surface area contributed by atoms with E-state index < -0.39 is 11.9 Å². The fourth-order valence-electron chi connectivity index (χ4n) is 2.50. The Morgan fingerprint density at radius 3 is 2.22 bits per heavy atom. The van der Waals surface area contributed by atoms with Crippen molar-refractivity contribution in [3.63, 3.8) is 0 Å². The molecule has 23 heavy (non-hydrogen) atoms. The molecule has 0 spiro atoms. The van der Waals surface area contributed by atoms with Gasteiger partial charge in [0.2, 0.25) is 5.91 Å². The normalized spacial score (nSPS) is 12.0. The lowest BCUT2D eigenvalue weighted by molar-refractivity contribution is -0.120. The first-order valence-corrected chi connectivity index (χ1v) is 7.73. The zero-order chi connectivity index (χ0) is 16.8. The minimum absolute atomic E-state index is 0.261. The van der Waals surface area contributed by atoms with Crippen LogP contribution in [0.15, 0.2) is 54.6 Å². The van der Waals surface area contributed by atoms with Crippen molar-refractivity contribution in [2.45, 2.75) is 26.3 Å². The van der Waals surface area contributed by atoms with E-state index in [1.54, 1.807) is 6.07 Å². The van der Waals surface area contributed by atoms with E-state index >= 15 is 0 Å². The summed E-state index contributed by atoms with van der Waals surface area (Å²) in [5, 5.41) is 2.76. The molecule has 1 atom stereocenters. The molecule has 0 aliphatic carbocycles. The van der Waals surface area contributed by atoms with E-state index in [9.17, 15) is 9.59 Å². The monoisotopic (exact) mass is 310 g/mol. The summed E-state index contributed by atoms with van der Waals surface area (Å²) in [5.74, 6) is -0.532. The highest BCUT2D eigenvalue weighted by Gasteiger charge is 2.21. The molecular formula is C19H22N2O2. The van der Waals surface area contributed by atoms with E-state index in [2.05, 4.69) is 5.32 Å². The predicted octanol–water partition coefficient (Wildman–Crippen LogP) is 2.98. The second-order valence-corrected chi connectivity index (χ2v) is 5.97. The fourth-order valence-corrected chi connectivity index (χ4v) is 2.50. The molecule has 0 radical (unpaired) electrons. The third-order valence-electron chi connectivity index (χ3n) is 3.61. The summed E-state index contributed by atoms with van der Waals surface area (Å²) in [6, 6.07) is 16.4. The standard InChI is InChI=1S/C19H22N2O2/c1-13(2)12-17(18(20)22)21-19(23)16-11-7-6-10-15(16)14-8-4-3-5-9-14/h3-11,13,17H,12H2,1-2H3,(H2,20,22)(H,21,23)/t17-/m0/s1. The molecule has 0 saturated carbocycles. The number of hydrogen-bond acceptors (Lipinski definition) is 2. The van der Waals surface area contributed by atoms with E-state index in [1.807, 2.05) is 62.4 Å². The Morgan fingerprint density at radius 2 is 1.61 bits per heavy atom. The minimum atomic E-state index is -0.661. The van der Waals surface area contributed by atoms with Crippen molar-refractivity contribution in [2.24, 2.45) is 11.7 Å². The van der Waals surface area contributed by atoms with Crippen LogP contribution in [0.5, 0.6) is 0 Å². The summed E-state index contributed by atoms with van der Waals surface area (Å²) in [6.45, 7) is 3.97. The van der Waals surface area contributed by atoms with Crippen LogP contribution in [0, 0.1) is 5.92 Å². The van der Waals surface area contributed by atoms with Crippen molar-refractivity contribution in [1.82, 2.24) is 5.32 Å². The number of carbonyl (C=O) groups excluding carboxylic acids is 2. The summed E-state index contributed by atoms with van der Waals surface area (Å²) >= 11 is 0. The first kappa shape index (κ1) is 16.7. The van der Waals surface area contributed by atoms with Crippen LogP contribution in [0.4, 0.5) is 0 Å². The van der Waals surface area contributed by atoms with E-state index in [1.165, 1.54) is 0 Å². The number of nitrogens with one attached hydrogen (secondary N) is 1. The summed E-state index contributed by atoms with van der Waals surface area (Å²) in [7, 11) is 0. The van der Waals surface area contributed by atoms with E-state index in [-0.39, 0.29) is 11.8 Å². The van der Waals surface area contributed by atoms with Crippen LogP contribution in [-0.4, -0.2) is 17.9 Å². The number of amides is 2. The van der Waals surface area contributed by atoms with Gasteiger partial charge >= 0.3 is 0 Å². The molecule has 2 aromatic carbocycles. The Balaban J connectivity index is 2.28. The third-order valence-corrected chi connectivity index (χ3v) is 3.61. The number of benzene rings is 2. The molecule has 4 nitrogen and oxygen atoms in total. The average molecular weight is 310 g/mol. The van der Waals surface area contributed by atoms with Gasteiger partial charge in [-0.1, -0.05) is 62.4 Å². The maximum atomic E-state index is 12.6. The minimum Gasteiger partial charge on any atom is -0.368 e. The van der Waals surface area contributed by atoms with Crippen LogP contribution in [0.1, 0.15) is 30.6 Å². The molecule has 2 rings (SSSR count). The topological polar surface area (TPSA) is 72.2 Å². The van der Waals surface area contributed by atoms with Crippen LogP contribution >= 0.6 is 0 Å². The van der Waals surface area contributed by atoms with Crippen LogP contribution < -0.4 is 11.1 Å². The quantitative estimate of drug-likeness (QED) is 0.861. The van der Waals surface area contributed by atoms with Crippen molar-refractivity contribution >= 4 is 11.8 Å². The van der Waals surface area contributed by atoms with Crippen LogP contribution in [-0.2, 0) is 4.79 Å². The van der Waals surface area contributed by atoms with E-state index in [0.717, 1.165) is 11.1 Å². The fraction of sp³-hybridized carbons (Fsp3) is 0.263. The third kappa shape index (κ3) is 4.42.